The van der Waals surface area contributed by atoms with Gasteiger partial charge in [0.2, 0.25) is 5.91 Å². The van der Waals surface area contributed by atoms with Crippen LogP contribution in [-0.4, -0.2) is 27.8 Å². The minimum atomic E-state index is -0.409. The second-order valence-corrected chi connectivity index (χ2v) is 7.39. The van der Waals surface area contributed by atoms with Crippen LogP contribution >= 0.6 is 11.6 Å². The van der Waals surface area contributed by atoms with E-state index in [1.165, 1.54) is 17.0 Å². The van der Waals surface area contributed by atoms with Crippen LogP contribution in [0.15, 0.2) is 60.8 Å². The van der Waals surface area contributed by atoms with E-state index in [0.717, 1.165) is 16.5 Å². The summed E-state index contributed by atoms with van der Waals surface area (Å²) in [5.74, 6) is 0.905. The monoisotopic (exact) mass is 443 g/mol. The molecule has 0 bridgehead atoms. The van der Waals surface area contributed by atoms with Crippen molar-refractivity contribution in [3.63, 3.8) is 0 Å². The van der Waals surface area contributed by atoms with Crippen LogP contribution in [0.3, 0.4) is 0 Å². The van der Waals surface area contributed by atoms with Gasteiger partial charge in [0.05, 0.1) is 13.3 Å². The number of ether oxygens (including phenoxy) is 1. The first kappa shape index (κ1) is 21.1. The third kappa shape index (κ3) is 4.17. The summed E-state index contributed by atoms with van der Waals surface area (Å²) in [6, 6.07) is 16.7. The average Bonchev–Trinajstić information content (AvgIpc) is 3.20. The van der Waals surface area contributed by atoms with E-state index in [4.69, 9.17) is 16.3 Å². The maximum atomic E-state index is 12.6. The largest absolute Gasteiger partial charge is 0.494 e. The molecule has 2 aromatic heterocycles. The Balaban J connectivity index is 1.70. The fourth-order valence-corrected chi connectivity index (χ4v) is 3.40. The van der Waals surface area contributed by atoms with E-state index in [0.29, 0.717) is 22.1 Å². The van der Waals surface area contributed by atoms with E-state index >= 15 is 0 Å². The van der Waals surface area contributed by atoms with Gasteiger partial charge >= 0.3 is 0 Å². The average molecular weight is 444 g/mol. The van der Waals surface area contributed by atoms with Crippen molar-refractivity contribution < 1.29 is 9.53 Å². The van der Waals surface area contributed by atoms with Crippen molar-refractivity contribution in [3.8, 4) is 17.6 Å². The fourth-order valence-electron chi connectivity index (χ4n) is 3.28. The van der Waals surface area contributed by atoms with Crippen LogP contribution in [0, 0.1) is 18.3 Å². The van der Waals surface area contributed by atoms with E-state index in [9.17, 15) is 10.1 Å². The molecule has 1 N–H and O–H groups in total. The number of amides is 1. The minimum Gasteiger partial charge on any atom is -0.494 e. The molecule has 0 aliphatic heterocycles. The summed E-state index contributed by atoms with van der Waals surface area (Å²) in [7, 11) is 1.58. The number of para-hydroxylation sites is 1. The molecule has 0 saturated heterocycles. The Morgan fingerprint density at radius 3 is 2.75 bits per heavy atom. The molecule has 0 aliphatic carbocycles. The summed E-state index contributed by atoms with van der Waals surface area (Å²) >= 11 is 5.89. The molecule has 32 heavy (non-hydrogen) atoms. The first-order valence-corrected chi connectivity index (χ1v) is 10.1. The molecule has 0 spiro atoms. The molecule has 0 atom stereocenters. The number of nitriles is 1. The lowest BCUT2D eigenvalue weighted by Gasteiger charge is -2.12. The molecule has 0 unspecified atom stereocenters. The Kier molecular flexibility index (Phi) is 5.88. The number of fused-ring (bicyclic) bond motifs is 1. The summed E-state index contributed by atoms with van der Waals surface area (Å²) < 4.78 is 6.88. The van der Waals surface area contributed by atoms with Crippen LogP contribution in [0.4, 0.5) is 5.82 Å². The highest BCUT2D eigenvalue weighted by molar-refractivity contribution is 6.30. The molecule has 4 rings (SSSR count). The summed E-state index contributed by atoms with van der Waals surface area (Å²) in [6.07, 6.45) is 4.42. The van der Waals surface area contributed by atoms with Gasteiger partial charge in [0.15, 0.2) is 11.6 Å². The fraction of sp³-hybridized carbons (Fsp3) is 0.0833. The SMILES string of the molecule is COc1cccc2c(C)cc(-n3ncc(C#N)c3NC(=O)/C=C/c3ccc(Cl)cc3)nc12. The number of rotatable bonds is 5. The predicted octanol–water partition coefficient (Wildman–Crippen LogP) is 4.91. The maximum Gasteiger partial charge on any atom is 0.249 e. The van der Waals surface area contributed by atoms with Gasteiger partial charge in [-0.25, -0.2) is 4.98 Å². The summed E-state index contributed by atoms with van der Waals surface area (Å²) in [4.78, 5) is 17.2. The highest BCUT2D eigenvalue weighted by Crippen LogP contribution is 2.29. The van der Waals surface area contributed by atoms with Crippen LogP contribution in [0.5, 0.6) is 5.75 Å². The second-order valence-electron chi connectivity index (χ2n) is 6.96. The smallest absolute Gasteiger partial charge is 0.249 e. The Hall–Kier alpha value is -4.15. The number of aryl methyl sites for hydroxylation is 1. The molecule has 0 saturated carbocycles. The molecule has 2 aromatic carbocycles. The molecule has 0 radical (unpaired) electrons. The molecule has 158 valence electrons. The lowest BCUT2D eigenvalue weighted by Crippen LogP contribution is -2.14. The topological polar surface area (TPSA) is 92.8 Å². The minimum absolute atomic E-state index is 0.220. The van der Waals surface area contributed by atoms with E-state index in [-0.39, 0.29) is 11.4 Å². The standard InChI is InChI=1S/C24H18ClN5O2/c1-15-12-21(28-23-19(15)4-3-5-20(23)32-2)30-24(17(13-26)14-27-30)29-22(31)11-8-16-6-9-18(25)10-7-16/h3-12,14H,1-2H3,(H,29,31)/b11-8+. The zero-order valence-corrected chi connectivity index (χ0v) is 18.1. The van der Waals surface area contributed by atoms with Crippen molar-refractivity contribution in [2.45, 2.75) is 6.92 Å². The molecule has 2 heterocycles. The number of halogens is 1. The predicted molar refractivity (Wildman–Crippen MR) is 124 cm³/mol. The number of hydrogen-bond donors (Lipinski definition) is 1. The van der Waals surface area contributed by atoms with Crippen molar-refractivity contribution in [1.29, 1.82) is 5.26 Å². The highest BCUT2D eigenvalue weighted by Gasteiger charge is 2.17. The van der Waals surface area contributed by atoms with Crippen LogP contribution < -0.4 is 10.1 Å². The van der Waals surface area contributed by atoms with Crippen molar-refractivity contribution in [3.05, 3.63) is 82.5 Å². The third-order valence-corrected chi connectivity index (χ3v) is 5.11. The normalized spacial score (nSPS) is 10.9. The van der Waals surface area contributed by atoms with E-state index in [1.807, 2.05) is 31.2 Å². The van der Waals surface area contributed by atoms with Crippen LogP contribution in [-0.2, 0) is 4.79 Å². The first-order valence-electron chi connectivity index (χ1n) is 9.67. The molecule has 8 heteroatoms. The Morgan fingerprint density at radius 1 is 1.25 bits per heavy atom. The van der Waals surface area contributed by atoms with Crippen LogP contribution in [0.25, 0.3) is 22.8 Å². The number of aromatic nitrogens is 3. The number of carbonyl (C=O) groups is 1. The lowest BCUT2D eigenvalue weighted by molar-refractivity contribution is -0.111. The van der Waals surface area contributed by atoms with Crippen molar-refractivity contribution in [1.82, 2.24) is 14.8 Å². The highest BCUT2D eigenvalue weighted by atomic mass is 35.5. The zero-order chi connectivity index (χ0) is 22.7. The van der Waals surface area contributed by atoms with Gasteiger partial charge < -0.3 is 10.1 Å². The van der Waals surface area contributed by atoms with Crippen molar-refractivity contribution in [2.75, 3.05) is 12.4 Å². The number of methoxy groups -OCH3 is 1. The molecule has 0 fully saturated rings. The summed E-state index contributed by atoms with van der Waals surface area (Å²) in [5, 5.41) is 18.1. The number of nitrogens with one attached hydrogen (secondary N) is 1. The van der Waals surface area contributed by atoms with Crippen LogP contribution in [0.1, 0.15) is 16.7 Å². The first-order chi connectivity index (χ1) is 15.5. The number of anilines is 1. The molecule has 1 amide bonds. The third-order valence-electron chi connectivity index (χ3n) is 4.86. The van der Waals surface area contributed by atoms with Gasteiger partial charge in [-0.05, 0) is 48.4 Å². The molecule has 0 aliphatic rings. The Morgan fingerprint density at radius 2 is 2.03 bits per heavy atom. The maximum absolute atomic E-state index is 12.6. The van der Waals surface area contributed by atoms with Gasteiger partial charge in [0.1, 0.15) is 22.9 Å². The lowest BCUT2D eigenvalue weighted by atomic mass is 10.1. The van der Waals surface area contributed by atoms with E-state index < -0.39 is 5.91 Å². The number of carbonyl (C=O) groups excluding carboxylic acids is 1. The number of hydrogen-bond acceptors (Lipinski definition) is 5. The molecular weight excluding hydrogens is 426 g/mol. The second kappa shape index (κ2) is 8.92. The van der Waals surface area contributed by atoms with Crippen molar-refractivity contribution in [2.24, 2.45) is 0 Å². The van der Waals surface area contributed by atoms with Gasteiger partial charge in [-0.3, -0.25) is 4.79 Å². The Bertz CT molecular complexity index is 1380. The molecule has 4 aromatic rings. The zero-order valence-electron chi connectivity index (χ0n) is 17.3. The van der Waals surface area contributed by atoms with Gasteiger partial charge in [0.25, 0.3) is 0 Å². The quantitative estimate of drug-likeness (QED) is 0.442. The van der Waals surface area contributed by atoms with E-state index in [1.54, 1.807) is 37.5 Å². The summed E-state index contributed by atoms with van der Waals surface area (Å²) in [5.41, 5.74) is 2.66. The summed E-state index contributed by atoms with van der Waals surface area (Å²) in [6.45, 7) is 1.95. The van der Waals surface area contributed by atoms with Gasteiger partial charge in [-0.1, -0.05) is 35.9 Å². The van der Waals surface area contributed by atoms with Crippen molar-refractivity contribution >= 4 is 40.3 Å². The van der Waals surface area contributed by atoms with Gasteiger partial charge in [-0.2, -0.15) is 15.0 Å². The van der Waals surface area contributed by atoms with Gasteiger partial charge in [0, 0.05) is 16.5 Å². The van der Waals surface area contributed by atoms with Crippen LogP contribution in [0.2, 0.25) is 5.02 Å². The van der Waals surface area contributed by atoms with Gasteiger partial charge in [-0.15, -0.1) is 0 Å². The molecular formula is C24H18ClN5O2. The number of benzene rings is 2. The number of pyridine rings is 1. The Labute approximate surface area is 189 Å². The van der Waals surface area contributed by atoms with E-state index in [2.05, 4.69) is 21.5 Å². The molecule has 7 nitrogen and oxygen atoms in total. The number of nitrogens with zero attached hydrogens (tertiary/aromatic N) is 4.